The van der Waals surface area contributed by atoms with Crippen molar-refractivity contribution in [1.82, 2.24) is 0 Å². The lowest BCUT2D eigenvalue weighted by Crippen LogP contribution is -2.33. The minimum atomic E-state index is -0.364. The van der Waals surface area contributed by atoms with Crippen molar-refractivity contribution >= 4 is 23.4 Å². The topological polar surface area (TPSA) is 38.3 Å². The molecule has 2 saturated carbocycles. The quantitative estimate of drug-likeness (QED) is 0.810. The first-order valence-electron chi connectivity index (χ1n) is 7.94. The van der Waals surface area contributed by atoms with Crippen LogP contribution in [-0.2, 0) is 4.74 Å². The number of nitrogens with one attached hydrogen (secondary N) is 1. The summed E-state index contributed by atoms with van der Waals surface area (Å²) in [6, 6.07) is 7.12. The second-order valence-corrected chi connectivity index (χ2v) is 6.72. The third-order valence-corrected chi connectivity index (χ3v) is 5.07. The molecule has 3 unspecified atom stereocenters. The SMILES string of the molecule is O=C(Nc1cccc(Cl)c1)OC1CCC2CCCCC2C1. The van der Waals surface area contributed by atoms with Gasteiger partial charge in [0.2, 0.25) is 0 Å². The van der Waals surface area contributed by atoms with Crippen LogP contribution in [0.4, 0.5) is 10.5 Å². The fraction of sp³-hybridized carbons (Fsp3) is 0.588. The van der Waals surface area contributed by atoms with Gasteiger partial charge in [-0.3, -0.25) is 5.32 Å². The first-order chi connectivity index (χ1) is 10.2. The zero-order chi connectivity index (χ0) is 14.7. The maximum atomic E-state index is 12.0. The number of hydrogen-bond acceptors (Lipinski definition) is 2. The summed E-state index contributed by atoms with van der Waals surface area (Å²) in [6.45, 7) is 0. The van der Waals surface area contributed by atoms with Gasteiger partial charge in [0.05, 0.1) is 0 Å². The van der Waals surface area contributed by atoms with Crippen LogP contribution < -0.4 is 5.32 Å². The third-order valence-electron chi connectivity index (χ3n) is 4.84. The van der Waals surface area contributed by atoms with E-state index in [1.54, 1.807) is 12.1 Å². The fourth-order valence-electron chi connectivity index (χ4n) is 3.80. The molecule has 0 heterocycles. The van der Waals surface area contributed by atoms with Gasteiger partial charge in [-0.25, -0.2) is 4.79 Å². The van der Waals surface area contributed by atoms with Gasteiger partial charge in [0.1, 0.15) is 6.10 Å². The lowest BCUT2D eigenvalue weighted by atomic mass is 9.70. The monoisotopic (exact) mass is 307 g/mol. The van der Waals surface area contributed by atoms with Crippen molar-refractivity contribution in [3.8, 4) is 0 Å². The Balaban J connectivity index is 1.51. The molecule has 0 radical (unpaired) electrons. The molecular weight excluding hydrogens is 286 g/mol. The number of ether oxygens (including phenoxy) is 1. The van der Waals surface area contributed by atoms with Crippen molar-refractivity contribution in [1.29, 1.82) is 0 Å². The van der Waals surface area contributed by atoms with Gasteiger partial charge < -0.3 is 4.74 Å². The highest BCUT2D eigenvalue weighted by molar-refractivity contribution is 6.30. The lowest BCUT2D eigenvalue weighted by Gasteiger charge is -2.38. The van der Waals surface area contributed by atoms with E-state index in [4.69, 9.17) is 16.3 Å². The number of anilines is 1. The Morgan fingerprint density at radius 2 is 1.95 bits per heavy atom. The maximum absolute atomic E-state index is 12.0. The van der Waals surface area contributed by atoms with E-state index in [1.165, 1.54) is 32.1 Å². The largest absolute Gasteiger partial charge is 0.446 e. The fourth-order valence-corrected chi connectivity index (χ4v) is 3.99. The molecule has 1 amide bonds. The van der Waals surface area contributed by atoms with Crippen molar-refractivity contribution < 1.29 is 9.53 Å². The lowest BCUT2D eigenvalue weighted by molar-refractivity contribution is 0.0339. The minimum absolute atomic E-state index is 0.0727. The Kier molecular flexibility index (Phi) is 4.69. The number of carbonyl (C=O) groups is 1. The summed E-state index contributed by atoms with van der Waals surface area (Å²) < 4.78 is 5.59. The molecule has 0 aliphatic heterocycles. The highest BCUT2D eigenvalue weighted by Crippen LogP contribution is 2.41. The van der Waals surface area contributed by atoms with E-state index in [1.807, 2.05) is 12.1 Å². The Hall–Kier alpha value is -1.22. The zero-order valence-corrected chi connectivity index (χ0v) is 12.9. The maximum Gasteiger partial charge on any atom is 0.411 e. The van der Waals surface area contributed by atoms with Gasteiger partial charge >= 0.3 is 6.09 Å². The third kappa shape index (κ3) is 3.91. The van der Waals surface area contributed by atoms with Crippen molar-refractivity contribution in [2.45, 2.75) is 51.0 Å². The van der Waals surface area contributed by atoms with Crippen molar-refractivity contribution in [2.24, 2.45) is 11.8 Å². The van der Waals surface area contributed by atoms with Crippen LogP contribution in [0.5, 0.6) is 0 Å². The van der Waals surface area contributed by atoms with E-state index in [0.717, 1.165) is 24.7 Å². The van der Waals surface area contributed by atoms with Crippen LogP contribution in [0.1, 0.15) is 44.9 Å². The molecule has 0 saturated heterocycles. The number of benzene rings is 1. The summed E-state index contributed by atoms with van der Waals surface area (Å²) in [4.78, 5) is 12.0. The highest BCUT2D eigenvalue weighted by Gasteiger charge is 2.33. The summed E-state index contributed by atoms with van der Waals surface area (Å²) >= 11 is 5.90. The highest BCUT2D eigenvalue weighted by atomic mass is 35.5. The van der Waals surface area contributed by atoms with Gasteiger partial charge in [-0.1, -0.05) is 43.4 Å². The van der Waals surface area contributed by atoms with Crippen LogP contribution >= 0.6 is 11.6 Å². The van der Waals surface area contributed by atoms with E-state index >= 15 is 0 Å². The Morgan fingerprint density at radius 1 is 1.14 bits per heavy atom. The van der Waals surface area contributed by atoms with Gasteiger partial charge in [-0.15, -0.1) is 0 Å². The molecule has 2 fully saturated rings. The van der Waals surface area contributed by atoms with Crippen LogP contribution in [0.2, 0.25) is 5.02 Å². The molecule has 2 aliphatic carbocycles. The number of amides is 1. The Morgan fingerprint density at radius 3 is 2.76 bits per heavy atom. The van der Waals surface area contributed by atoms with Gasteiger partial charge in [-0.05, 0) is 49.3 Å². The predicted molar refractivity (Wildman–Crippen MR) is 84.6 cm³/mol. The second-order valence-electron chi connectivity index (χ2n) is 6.28. The number of carbonyl (C=O) groups excluding carboxylic acids is 1. The van der Waals surface area contributed by atoms with Crippen LogP contribution in [0.3, 0.4) is 0 Å². The first-order valence-corrected chi connectivity index (χ1v) is 8.32. The van der Waals surface area contributed by atoms with E-state index in [2.05, 4.69) is 5.32 Å². The predicted octanol–water partition coefficient (Wildman–Crippen LogP) is 5.25. The smallest absolute Gasteiger partial charge is 0.411 e. The molecule has 2 aliphatic rings. The summed E-state index contributed by atoms with van der Waals surface area (Å²) in [6.07, 6.45) is 8.34. The van der Waals surface area contributed by atoms with Gasteiger partial charge in [0, 0.05) is 10.7 Å². The molecule has 4 heteroatoms. The molecule has 3 rings (SSSR count). The Bertz CT molecular complexity index is 505. The Labute approximate surface area is 131 Å². The number of hydrogen-bond donors (Lipinski definition) is 1. The molecule has 0 spiro atoms. The molecule has 1 N–H and O–H groups in total. The van der Waals surface area contributed by atoms with Gasteiger partial charge in [-0.2, -0.15) is 0 Å². The van der Waals surface area contributed by atoms with E-state index in [0.29, 0.717) is 10.7 Å². The van der Waals surface area contributed by atoms with Crippen molar-refractivity contribution in [3.63, 3.8) is 0 Å². The molecule has 1 aromatic rings. The average molecular weight is 308 g/mol. The summed E-state index contributed by atoms with van der Waals surface area (Å²) in [5, 5.41) is 3.36. The zero-order valence-electron chi connectivity index (χ0n) is 12.2. The summed E-state index contributed by atoms with van der Waals surface area (Å²) in [7, 11) is 0. The molecule has 1 aromatic carbocycles. The van der Waals surface area contributed by atoms with Gasteiger partial charge in [0.25, 0.3) is 0 Å². The van der Waals surface area contributed by atoms with Crippen LogP contribution in [0, 0.1) is 11.8 Å². The number of halogens is 1. The summed E-state index contributed by atoms with van der Waals surface area (Å²) in [5.41, 5.74) is 0.679. The molecule has 21 heavy (non-hydrogen) atoms. The molecular formula is C17H22ClNO2. The van der Waals surface area contributed by atoms with E-state index < -0.39 is 0 Å². The molecule has 3 nitrogen and oxygen atoms in total. The standard InChI is InChI=1S/C17H22ClNO2/c18-14-6-3-7-15(11-14)19-17(20)21-16-9-8-12-4-1-2-5-13(12)10-16/h3,6-7,11-13,16H,1-2,4-5,8-10H2,(H,19,20). The van der Waals surface area contributed by atoms with Crippen LogP contribution in [0.15, 0.2) is 24.3 Å². The van der Waals surface area contributed by atoms with Crippen LogP contribution in [0.25, 0.3) is 0 Å². The van der Waals surface area contributed by atoms with Crippen LogP contribution in [-0.4, -0.2) is 12.2 Å². The second kappa shape index (κ2) is 6.69. The van der Waals surface area contributed by atoms with Gasteiger partial charge in [0.15, 0.2) is 0 Å². The van der Waals surface area contributed by atoms with E-state index in [-0.39, 0.29) is 12.2 Å². The minimum Gasteiger partial charge on any atom is -0.446 e. The average Bonchev–Trinajstić information content (AvgIpc) is 2.47. The molecule has 0 bridgehead atoms. The number of fused-ring (bicyclic) bond motifs is 1. The van der Waals surface area contributed by atoms with Crippen molar-refractivity contribution in [2.75, 3.05) is 5.32 Å². The normalized spacial score (nSPS) is 28.5. The molecule has 114 valence electrons. The molecule has 0 aromatic heterocycles. The summed E-state index contributed by atoms with van der Waals surface area (Å²) in [5.74, 6) is 1.63. The van der Waals surface area contributed by atoms with E-state index in [9.17, 15) is 4.79 Å². The molecule has 3 atom stereocenters. The number of rotatable bonds is 2. The first kappa shape index (κ1) is 14.7. The van der Waals surface area contributed by atoms with Crippen molar-refractivity contribution in [3.05, 3.63) is 29.3 Å².